The number of benzene rings is 2. The van der Waals surface area contributed by atoms with E-state index in [-0.39, 0.29) is 23.2 Å². The van der Waals surface area contributed by atoms with Crippen molar-refractivity contribution in [2.75, 3.05) is 88.8 Å². The minimum Gasteiger partial charge on any atom is -0.493 e. The first-order valence-electron chi connectivity index (χ1n) is 23.4. The number of H-pyrrole nitrogens is 1. The highest BCUT2D eigenvalue weighted by molar-refractivity contribution is 7.99. The number of carbonyl (C=O) groups is 2. The van der Waals surface area contributed by atoms with Crippen LogP contribution >= 0.6 is 23.5 Å². The Bertz CT molecular complexity index is 1980. The van der Waals surface area contributed by atoms with Gasteiger partial charge in [-0.1, -0.05) is 13.8 Å². The normalized spacial score (nSPS) is 22.7. The van der Waals surface area contributed by atoms with Crippen molar-refractivity contribution in [1.29, 1.82) is 0 Å². The lowest BCUT2D eigenvalue weighted by molar-refractivity contribution is -0.133. The maximum absolute atomic E-state index is 15.0. The zero-order valence-corrected chi connectivity index (χ0v) is 39.1. The number of nitrogens with zero attached hydrogens (tertiary/aromatic N) is 4. The third-order valence-electron chi connectivity index (χ3n) is 13.2. The molecule has 0 bridgehead atoms. The van der Waals surface area contributed by atoms with E-state index in [1.165, 1.54) is 24.6 Å². The van der Waals surface area contributed by atoms with Crippen LogP contribution in [-0.2, 0) is 24.8 Å². The lowest BCUT2D eigenvalue weighted by Crippen LogP contribution is -2.64. The number of thioether (sulfide) groups is 2. The fourth-order valence-electron chi connectivity index (χ4n) is 9.36. The van der Waals surface area contributed by atoms with Crippen molar-refractivity contribution in [3.63, 3.8) is 0 Å². The van der Waals surface area contributed by atoms with Crippen LogP contribution in [0.1, 0.15) is 83.9 Å². The Morgan fingerprint density at radius 1 is 0.825 bits per heavy atom. The molecule has 0 radical (unpaired) electrons. The van der Waals surface area contributed by atoms with E-state index in [1.54, 1.807) is 17.8 Å². The first-order valence-corrected chi connectivity index (χ1v) is 25.7. The van der Waals surface area contributed by atoms with Crippen LogP contribution in [0.5, 0.6) is 5.75 Å². The van der Waals surface area contributed by atoms with Crippen LogP contribution < -0.4 is 25.8 Å². The zero-order chi connectivity index (χ0) is 44.1. The quantitative estimate of drug-likeness (QED) is 0.167. The van der Waals surface area contributed by atoms with Gasteiger partial charge in [-0.25, -0.2) is 9.37 Å². The molecule has 1 aromatic heterocycles. The Hall–Kier alpha value is -3.41. The summed E-state index contributed by atoms with van der Waals surface area (Å²) in [6, 6.07) is 12.2. The predicted octanol–water partition coefficient (Wildman–Crippen LogP) is 6.69. The summed E-state index contributed by atoms with van der Waals surface area (Å²) in [5, 5.41) is 7.00. The third kappa shape index (κ3) is 13.1. The molecular weight excluding hydrogens is 842 g/mol. The van der Waals surface area contributed by atoms with Gasteiger partial charge >= 0.3 is 0 Å². The second-order valence-electron chi connectivity index (χ2n) is 17.3. The Labute approximate surface area is 380 Å². The smallest absolute Gasteiger partial charge is 0.261 e. The molecule has 16 heteroatoms. The van der Waals surface area contributed by atoms with Gasteiger partial charge in [0, 0.05) is 105 Å². The van der Waals surface area contributed by atoms with Crippen LogP contribution in [0.25, 0.3) is 10.9 Å². The van der Waals surface area contributed by atoms with Gasteiger partial charge in [0.15, 0.2) is 0 Å². The second kappa shape index (κ2) is 23.7. The maximum Gasteiger partial charge on any atom is 0.261 e. The number of likely N-dealkylation sites (tertiary alicyclic amines) is 2. The van der Waals surface area contributed by atoms with Gasteiger partial charge in [0.2, 0.25) is 11.8 Å². The standard InChI is InChI=1S/C39H50FN7O5S.C6H12OS.C2H6/c40-32-19-30(20-34-37(32)39(50)43-35(42-34)24-53-31-11-17-51-18-12-31)52-23-25-7-13-46(14-8-25)29-21-47(22-29)28-9-15-45(16-10-28)27-3-1-26(2-4-27)41-33-5-6-36(48)44-38(33)49;1-8-6-2-4-7-5-3-6;1-2/h1-4,19-20,25,28-29,31,33,41H,5-18,21-24H2,(H,42,43,50)(H,44,48,49);6H,2-5H2,1H3;1-2H3. The number of nitrogens with one attached hydrogen (secondary N) is 3. The van der Waals surface area contributed by atoms with Crippen molar-refractivity contribution in [2.24, 2.45) is 5.92 Å². The average molecular weight is 910 g/mol. The van der Waals surface area contributed by atoms with Crippen LogP contribution in [-0.4, -0.2) is 139 Å². The predicted molar refractivity (Wildman–Crippen MR) is 253 cm³/mol. The van der Waals surface area contributed by atoms with Crippen LogP contribution in [0.2, 0.25) is 0 Å². The molecule has 1 unspecified atom stereocenters. The van der Waals surface area contributed by atoms with E-state index < -0.39 is 11.4 Å². The van der Waals surface area contributed by atoms with Crippen LogP contribution in [0.4, 0.5) is 15.8 Å². The molecule has 63 heavy (non-hydrogen) atoms. The number of hydrogen-bond donors (Lipinski definition) is 3. The number of hydrogen-bond acceptors (Lipinski definition) is 13. The molecule has 1 atom stereocenters. The average Bonchev–Trinajstić information content (AvgIpc) is 3.30. The molecule has 3 aromatic rings. The van der Waals surface area contributed by atoms with Crippen LogP contribution in [0, 0.1) is 11.7 Å². The van der Waals surface area contributed by atoms with E-state index in [0.717, 1.165) is 115 Å². The van der Waals surface area contributed by atoms with E-state index in [9.17, 15) is 14.4 Å². The van der Waals surface area contributed by atoms with E-state index in [0.29, 0.717) is 65.5 Å². The van der Waals surface area contributed by atoms with Gasteiger partial charge in [-0.05, 0) is 107 Å². The van der Waals surface area contributed by atoms with Gasteiger partial charge in [-0.15, -0.1) is 0 Å². The Kier molecular flexibility index (Phi) is 17.9. The molecule has 6 aliphatic heterocycles. The molecule has 6 saturated heterocycles. The number of rotatable bonds is 12. The van der Waals surface area contributed by atoms with Crippen molar-refractivity contribution in [3.8, 4) is 5.75 Å². The first kappa shape index (κ1) is 47.5. The molecule has 0 aliphatic carbocycles. The molecule has 13 nitrogen and oxygen atoms in total. The number of imide groups is 1. The number of ether oxygens (including phenoxy) is 3. The summed E-state index contributed by atoms with van der Waals surface area (Å²) in [6.45, 7) is 14.4. The van der Waals surface area contributed by atoms with Crippen molar-refractivity contribution in [3.05, 3.63) is 58.4 Å². The van der Waals surface area contributed by atoms with E-state index in [4.69, 9.17) is 14.2 Å². The van der Waals surface area contributed by atoms with E-state index in [2.05, 4.69) is 53.7 Å². The second-order valence-corrected chi connectivity index (χ2v) is 19.7. The lowest BCUT2D eigenvalue weighted by Gasteiger charge is -2.52. The molecule has 9 rings (SSSR count). The Morgan fingerprint density at radius 2 is 1.49 bits per heavy atom. The van der Waals surface area contributed by atoms with Gasteiger partial charge in [0.05, 0.1) is 17.9 Å². The minimum absolute atomic E-state index is 0.0153. The summed E-state index contributed by atoms with van der Waals surface area (Å²) in [6.07, 6.45) is 11.9. The molecule has 346 valence electrons. The first-order chi connectivity index (χ1) is 30.8. The van der Waals surface area contributed by atoms with E-state index in [1.807, 2.05) is 37.7 Å². The number of halogens is 1. The molecule has 3 N–H and O–H groups in total. The fourth-order valence-corrected chi connectivity index (χ4v) is 11.1. The SMILES string of the molecule is CC.CSC1CCOCC1.O=C1CCC(Nc2ccc(N3CCC(N4CC(N5CCC(COc6cc(F)c7c(=O)[nH]c(CSC8CCOCC8)nc7c6)CC5)C4)CC3)cc2)C(=O)N1. The summed E-state index contributed by atoms with van der Waals surface area (Å²) in [7, 11) is 0. The van der Waals surface area contributed by atoms with Gasteiger partial charge in [0.25, 0.3) is 5.56 Å². The highest BCUT2D eigenvalue weighted by Gasteiger charge is 2.38. The maximum atomic E-state index is 15.0. The number of amides is 2. The molecule has 0 spiro atoms. The Balaban J connectivity index is 0.000000531. The van der Waals surface area contributed by atoms with Crippen molar-refractivity contribution in [2.45, 2.75) is 112 Å². The number of piperidine rings is 3. The van der Waals surface area contributed by atoms with Crippen LogP contribution in [0.3, 0.4) is 0 Å². The summed E-state index contributed by atoms with van der Waals surface area (Å²) >= 11 is 3.73. The van der Waals surface area contributed by atoms with Gasteiger partial charge in [-0.2, -0.15) is 23.5 Å². The Morgan fingerprint density at radius 3 is 2.13 bits per heavy atom. The summed E-state index contributed by atoms with van der Waals surface area (Å²) in [4.78, 5) is 51.4. The number of aromatic nitrogens is 2. The van der Waals surface area contributed by atoms with Gasteiger partial charge in [-0.3, -0.25) is 29.5 Å². The largest absolute Gasteiger partial charge is 0.493 e. The highest BCUT2D eigenvalue weighted by Crippen LogP contribution is 2.31. The summed E-state index contributed by atoms with van der Waals surface area (Å²) < 4.78 is 31.8. The molecule has 7 heterocycles. The fraction of sp³-hybridized carbons (Fsp3) is 0.660. The third-order valence-corrected chi connectivity index (χ3v) is 15.8. The summed E-state index contributed by atoms with van der Waals surface area (Å²) in [5.41, 5.74) is 1.99. The highest BCUT2D eigenvalue weighted by atomic mass is 32.2. The monoisotopic (exact) mass is 909 g/mol. The molecule has 2 amide bonds. The number of carbonyl (C=O) groups excluding carboxylic acids is 2. The number of fused-ring (bicyclic) bond motifs is 1. The molecule has 6 fully saturated rings. The molecular formula is C47H68FN7O6S2. The van der Waals surface area contributed by atoms with Crippen molar-refractivity contribution in [1.82, 2.24) is 25.1 Å². The number of aromatic amines is 1. The summed E-state index contributed by atoms with van der Waals surface area (Å²) in [5.74, 6) is 0.921. The van der Waals surface area contributed by atoms with Gasteiger partial charge < -0.3 is 29.4 Å². The molecule has 0 saturated carbocycles. The lowest BCUT2D eigenvalue weighted by atomic mass is 9.92. The number of anilines is 2. The van der Waals surface area contributed by atoms with E-state index >= 15 is 4.39 Å². The topological polar surface area (TPSA) is 141 Å². The van der Waals surface area contributed by atoms with Crippen LogP contribution in [0.15, 0.2) is 41.2 Å². The zero-order valence-electron chi connectivity index (χ0n) is 37.4. The van der Waals surface area contributed by atoms with Crippen molar-refractivity contribution >= 4 is 57.6 Å². The minimum atomic E-state index is -0.597. The van der Waals surface area contributed by atoms with Gasteiger partial charge in [0.1, 0.15) is 28.8 Å². The molecule has 6 aliphatic rings. The van der Waals surface area contributed by atoms with Crippen molar-refractivity contribution < 1.29 is 28.2 Å². The molecule has 2 aromatic carbocycles.